The third-order valence-corrected chi connectivity index (χ3v) is 4.82. The molecular formula is C17H20N4O. The fraction of sp³-hybridized carbons (Fsp3) is 0.471. The molecule has 0 bridgehead atoms. The van der Waals surface area contributed by atoms with Gasteiger partial charge in [-0.2, -0.15) is 0 Å². The molecule has 22 heavy (non-hydrogen) atoms. The first-order valence-corrected chi connectivity index (χ1v) is 7.98. The Bertz CT molecular complexity index is 721. The SMILES string of the molecule is Cc1ccccc1[C@H]1C[C@H]1C(=O)NCc1nnc2n1CCC2. The van der Waals surface area contributed by atoms with Gasteiger partial charge in [-0.05, 0) is 36.8 Å². The van der Waals surface area contributed by atoms with Crippen LogP contribution in [0.1, 0.15) is 41.5 Å². The van der Waals surface area contributed by atoms with Gasteiger partial charge in [0.05, 0.1) is 6.54 Å². The molecule has 0 spiro atoms. The Morgan fingerprint density at radius 3 is 3.09 bits per heavy atom. The molecule has 1 aliphatic heterocycles. The van der Waals surface area contributed by atoms with Gasteiger partial charge in [-0.25, -0.2) is 0 Å². The standard InChI is InChI=1S/C17H20N4O/c1-11-5-2-3-6-12(11)13-9-14(13)17(22)18-10-16-20-19-15-7-4-8-21(15)16/h2-3,5-6,13-14H,4,7-10H2,1H3,(H,18,22)/t13-,14-/m1/s1. The van der Waals surface area contributed by atoms with Gasteiger partial charge in [0, 0.05) is 18.9 Å². The van der Waals surface area contributed by atoms with E-state index in [0.717, 1.165) is 37.5 Å². The van der Waals surface area contributed by atoms with Crippen LogP contribution in [0.5, 0.6) is 0 Å². The maximum absolute atomic E-state index is 12.3. The third-order valence-electron chi connectivity index (χ3n) is 4.82. The fourth-order valence-electron chi connectivity index (χ4n) is 3.47. The molecule has 1 saturated carbocycles. The number of hydrogen-bond acceptors (Lipinski definition) is 3. The first-order valence-electron chi connectivity index (χ1n) is 7.98. The van der Waals surface area contributed by atoms with Gasteiger partial charge in [0.1, 0.15) is 5.82 Å². The number of hydrogen-bond donors (Lipinski definition) is 1. The predicted molar refractivity (Wildman–Crippen MR) is 82.2 cm³/mol. The molecule has 0 saturated heterocycles. The van der Waals surface area contributed by atoms with Crippen LogP contribution in [0.3, 0.4) is 0 Å². The summed E-state index contributed by atoms with van der Waals surface area (Å²) in [7, 11) is 0. The van der Waals surface area contributed by atoms with Crippen molar-refractivity contribution in [3.8, 4) is 0 Å². The Kier molecular flexibility index (Phi) is 3.21. The molecule has 0 unspecified atom stereocenters. The van der Waals surface area contributed by atoms with E-state index in [9.17, 15) is 4.79 Å². The van der Waals surface area contributed by atoms with E-state index in [0.29, 0.717) is 12.5 Å². The summed E-state index contributed by atoms with van der Waals surface area (Å²) >= 11 is 0. The Labute approximate surface area is 129 Å². The van der Waals surface area contributed by atoms with Crippen LogP contribution in [0.2, 0.25) is 0 Å². The highest BCUT2D eigenvalue weighted by molar-refractivity contribution is 5.82. The minimum atomic E-state index is 0.113. The topological polar surface area (TPSA) is 59.8 Å². The molecule has 5 heteroatoms. The maximum Gasteiger partial charge on any atom is 0.224 e. The van der Waals surface area contributed by atoms with Gasteiger partial charge in [-0.15, -0.1) is 10.2 Å². The van der Waals surface area contributed by atoms with Crippen molar-refractivity contribution in [3.63, 3.8) is 0 Å². The molecule has 5 nitrogen and oxygen atoms in total. The summed E-state index contributed by atoms with van der Waals surface area (Å²) in [6, 6.07) is 8.35. The number of fused-ring (bicyclic) bond motifs is 1. The van der Waals surface area contributed by atoms with E-state index in [4.69, 9.17) is 0 Å². The number of amides is 1. The van der Waals surface area contributed by atoms with Crippen molar-refractivity contribution in [1.29, 1.82) is 0 Å². The van der Waals surface area contributed by atoms with Crippen molar-refractivity contribution in [2.75, 3.05) is 0 Å². The number of aromatic nitrogens is 3. The zero-order valence-corrected chi connectivity index (χ0v) is 12.7. The van der Waals surface area contributed by atoms with E-state index in [1.165, 1.54) is 11.1 Å². The van der Waals surface area contributed by atoms with Crippen molar-refractivity contribution in [3.05, 3.63) is 47.0 Å². The second kappa shape index (κ2) is 5.23. The van der Waals surface area contributed by atoms with E-state index >= 15 is 0 Å². The van der Waals surface area contributed by atoms with Crippen molar-refractivity contribution < 1.29 is 4.79 Å². The number of carbonyl (C=O) groups excluding carboxylic acids is 1. The summed E-state index contributed by atoms with van der Waals surface area (Å²) in [5.74, 6) is 2.57. The molecule has 1 fully saturated rings. The highest BCUT2D eigenvalue weighted by Gasteiger charge is 2.44. The monoisotopic (exact) mass is 296 g/mol. The highest BCUT2D eigenvalue weighted by Crippen LogP contribution is 2.48. The lowest BCUT2D eigenvalue weighted by molar-refractivity contribution is -0.122. The molecule has 2 aromatic rings. The molecule has 2 atom stereocenters. The molecule has 2 heterocycles. The Hall–Kier alpha value is -2.17. The van der Waals surface area contributed by atoms with Crippen molar-refractivity contribution in [2.24, 2.45) is 5.92 Å². The Balaban J connectivity index is 1.37. The van der Waals surface area contributed by atoms with Crippen LogP contribution in [0.25, 0.3) is 0 Å². The van der Waals surface area contributed by atoms with E-state index in [1.54, 1.807) is 0 Å². The maximum atomic E-state index is 12.3. The molecule has 1 amide bonds. The van der Waals surface area contributed by atoms with E-state index in [2.05, 4.69) is 45.2 Å². The summed E-state index contributed by atoms with van der Waals surface area (Å²) in [5.41, 5.74) is 2.59. The van der Waals surface area contributed by atoms with Gasteiger partial charge in [-0.3, -0.25) is 4.79 Å². The summed E-state index contributed by atoms with van der Waals surface area (Å²) < 4.78 is 2.13. The minimum Gasteiger partial charge on any atom is -0.349 e. The van der Waals surface area contributed by atoms with Crippen LogP contribution in [-0.2, 0) is 24.3 Å². The molecule has 1 aromatic carbocycles. The largest absolute Gasteiger partial charge is 0.349 e. The van der Waals surface area contributed by atoms with Crippen LogP contribution in [0.15, 0.2) is 24.3 Å². The van der Waals surface area contributed by atoms with Gasteiger partial charge in [0.15, 0.2) is 5.82 Å². The zero-order valence-electron chi connectivity index (χ0n) is 12.7. The lowest BCUT2D eigenvalue weighted by Crippen LogP contribution is -2.26. The van der Waals surface area contributed by atoms with Gasteiger partial charge < -0.3 is 9.88 Å². The fourth-order valence-corrected chi connectivity index (χ4v) is 3.47. The summed E-state index contributed by atoms with van der Waals surface area (Å²) in [5, 5.41) is 11.4. The zero-order chi connectivity index (χ0) is 15.1. The molecule has 2 aliphatic rings. The predicted octanol–water partition coefficient (Wildman–Crippen LogP) is 1.95. The van der Waals surface area contributed by atoms with E-state index in [-0.39, 0.29) is 11.8 Å². The Morgan fingerprint density at radius 1 is 1.36 bits per heavy atom. The molecule has 114 valence electrons. The first kappa shape index (κ1) is 13.5. The Morgan fingerprint density at radius 2 is 2.23 bits per heavy atom. The average molecular weight is 296 g/mol. The van der Waals surface area contributed by atoms with Crippen LogP contribution in [0.4, 0.5) is 0 Å². The van der Waals surface area contributed by atoms with Gasteiger partial charge in [0.25, 0.3) is 0 Å². The number of aryl methyl sites for hydroxylation is 2. The summed E-state index contributed by atoms with van der Waals surface area (Å²) in [6.45, 7) is 3.58. The minimum absolute atomic E-state index is 0.113. The number of nitrogens with one attached hydrogen (secondary N) is 1. The first-order chi connectivity index (χ1) is 10.7. The molecule has 1 N–H and O–H groups in total. The van der Waals surface area contributed by atoms with Crippen molar-refractivity contribution in [1.82, 2.24) is 20.1 Å². The van der Waals surface area contributed by atoms with Crippen LogP contribution in [-0.4, -0.2) is 20.7 Å². The van der Waals surface area contributed by atoms with Gasteiger partial charge in [0.2, 0.25) is 5.91 Å². The number of rotatable bonds is 4. The van der Waals surface area contributed by atoms with Crippen LogP contribution in [0, 0.1) is 12.8 Å². The molecule has 0 radical (unpaired) electrons. The molecule has 1 aromatic heterocycles. The smallest absolute Gasteiger partial charge is 0.224 e. The van der Waals surface area contributed by atoms with E-state index < -0.39 is 0 Å². The molecule has 4 rings (SSSR count). The van der Waals surface area contributed by atoms with Crippen LogP contribution >= 0.6 is 0 Å². The quantitative estimate of drug-likeness (QED) is 0.938. The normalized spacial score (nSPS) is 22.4. The van der Waals surface area contributed by atoms with Gasteiger partial charge in [-0.1, -0.05) is 24.3 Å². The third kappa shape index (κ3) is 2.30. The summed E-state index contributed by atoms with van der Waals surface area (Å²) in [4.78, 5) is 12.3. The number of nitrogens with zero attached hydrogens (tertiary/aromatic N) is 3. The second-order valence-electron chi connectivity index (χ2n) is 6.31. The highest BCUT2D eigenvalue weighted by atomic mass is 16.2. The van der Waals surface area contributed by atoms with Crippen LogP contribution < -0.4 is 5.32 Å². The number of carbonyl (C=O) groups is 1. The molecule has 1 aliphatic carbocycles. The van der Waals surface area contributed by atoms with E-state index in [1.807, 2.05) is 6.07 Å². The van der Waals surface area contributed by atoms with Gasteiger partial charge >= 0.3 is 0 Å². The molecular weight excluding hydrogens is 276 g/mol. The summed E-state index contributed by atoms with van der Waals surface area (Å²) in [6.07, 6.45) is 3.08. The van der Waals surface area contributed by atoms with Crippen molar-refractivity contribution in [2.45, 2.75) is 45.2 Å². The lowest BCUT2D eigenvalue weighted by Gasteiger charge is -2.07. The average Bonchev–Trinajstić information content (AvgIpc) is 3.00. The second-order valence-corrected chi connectivity index (χ2v) is 6.31. The lowest BCUT2D eigenvalue weighted by atomic mass is 10.0. The number of benzene rings is 1. The van der Waals surface area contributed by atoms with Crippen molar-refractivity contribution >= 4 is 5.91 Å².